The third-order valence-electron chi connectivity index (χ3n) is 13.9. The Morgan fingerprint density at radius 2 is 0.494 bits per heavy atom. The Morgan fingerprint density at radius 1 is 0.266 bits per heavy atom. The summed E-state index contributed by atoms with van der Waals surface area (Å²) in [7, 11) is 0. The molecule has 0 radical (unpaired) electrons. The van der Waals surface area contributed by atoms with Gasteiger partial charge in [0.15, 0.2) is 6.10 Å². The van der Waals surface area contributed by atoms with Gasteiger partial charge in [0.1, 0.15) is 13.2 Å². The molecule has 0 amide bonds. The van der Waals surface area contributed by atoms with Crippen molar-refractivity contribution in [1.29, 1.82) is 0 Å². The summed E-state index contributed by atoms with van der Waals surface area (Å²) in [5.74, 6) is -0.918. The van der Waals surface area contributed by atoms with Crippen molar-refractivity contribution in [3.05, 3.63) is 122 Å². The van der Waals surface area contributed by atoms with Crippen molar-refractivity contribution in [1.82, 2.24) is 0 Å². The molecule has 1 unspecified atom stereocenters. The van der Waals surface area contributed by atoms with Gasteiger partial charge in [-0.1, -0.05) is 284 Å². The maximum Gasteiger partial charge on any atom is 0.306 e. The van der Waals surface area contributed by atoms with E-state index in [0.717, 1.165) is 141 Å². The van der Waals surface area contributed by atoms with Crippen LogP contribution in [0, 0.1) is 0 Å². The topological polar surface area (TPSA) is 78.9 Å². The second kappa shape index (κ2) is 66.3. The van der Waals surface area contributed by atoms with E-state index < -0.39 is 6.10 Å². The highest BCUT2D eigenvalue weighted by atomic mass is 16.6. The molecule has 0 N–H and O–H groups in total. The van der Waals surface area contributed by atoms with Gasteiger partial charge in [-0.3, -0.25) is 14.4 Å². The zero-order valence-electron chi connectivity index (χ0n) is 51.6. The molecular weight excluding hydrogens is 973 g/mol. The molecule has 0 aromatic heterocycles. The molecule has 1 atom stereocenters. The van der Waals surface area contributed by atoms with Crippen LogP contribution in [0.1, 0.15) is 303 Å². The SMILES string of the molecule is CC/C=C\C/C=C\C/C=C\C/C=C\C/C=C\CCCCCCCCCCCCCCCCCCCC(=O)OCC(COC(=O)CCCCCCC/C=C\CCCC)OC(=O)CCCCCC/C=C\C/C=C\C/C=C\C/C=C\CC. The Hall–Kier alpha value is -4.19. The number of rotatable bonds is 59. The Balaban J connectivity index is 4.17. The Labute approximate surface area is 488 Å². The van der Waals surface area contributed by atoms with Gasteiger partial charge >= 0.3 is 17.9 Å². The fourth-order valence-electron chi connectivity index (χ4n) is 9.03. The predicted octanol–water partition coefficient (Wildman–Crippen LogP) is 22.8. The van der Waals surface area contributed by atoms with Gasteiger partial charge in [-0.2, -0.15) is 0 Å². The molecule has 0 saturated heterocycles. The lowest BCUT2D eigenvalue weighted by Gasteiger charge is -2.18. The van der Waals surface area contributed by atoms with E-state index in [4.69, 9.17) is 14.2 Å². The highest BCUT2D eigenvalue weighted by Gasteiger charge is 2.19. The van der Waals surface area contributed by atoms with E-state index in [1.54, 1.807) is 0 Å². The van der Waals surface area contributed by atoms with Crippen molar-refractivity contribution in [2.75, 3.05) is 13.2 Å². The number of allylic oxidation sites excluding steroid dienone is 20. The van der Waals surface area contributed by atoms with Crippen molar-refractivity contribution in [3.63, 3.8) is 0 Å². The maximum absolute atomic E-state index is 12.9. The first kappa shape index (κ1) is 74.8. The summed E-state index contributed by atoms with van der Waals surface area (Å²) in [6.45, 7) is 6.36. The number of unbranched alkanes of at least 4 members (excludes halogenated alkanes) is 28. The summed E-state index contributed by atoms with van der Waals surface area (Å²) in [5, 5.41) is 0. The van der Waals surface area contributed by atoms with Crippen LogP contribution >= 0.6 is 0 Å². The maximum atomic E-state index is 12.9. The largest absolute Gasteiger partial charge is 0.462 e. The lowest BCUT2D eigenvalue weighted by molar-refractivity contribution is -0.167. The summed E-state index contributed by atoms with van der Waals surface area (Å²) < 4.78 is 16.9. The van der Waals surface area contributed by atoms with Gasteiger partial charge < -0.3 is 14.2 Å². The van der Waals surface area contributed by atoms with Crippen molar-refractivity contribution < 1.29 is 28.6 Å². The van der Waals surface area contributed by atoms with E-state index in [1.807, 2.05) is 0 Å². The first-order valence-corrected chi connectivity index (χ1v) is 33.0. The van der Waals surface area contributed by atoms with Crippen molar-refractivity contribution in [2.24, 2.45) is 0 Å². The molecule has 79 heavy (non-hydrogen) atoms. The highest BCUT2D eigenvalue weighted by Crippen LogP contribution is 2.16. The fourth-order valence-corrected chi connectivity index (χ4v) is 9.03. The summed E-state index contributed by atoms with van der Waals surface area (Å²) in [4.78, 5) is 38.2. The third kappa shape index (κ3) is 64.5. The zero-order valence-corrected chi connectivity index (χ0v) is 51.6. The molecule has 0 spiro atoms. The molecule has 6 heteroatoms. The Bertz CT molecular complexity index is 1640. The van der Waals surface area contributed by atoms with Crippen molar-refractivity contribution in [3.8, 4) is 0 Å². The minimum absolute atomic E-state index is 0.0902. The quantitative estimate of drug-likeness (QED) is 0.0261. The number of esters is 3. The van der Waals surface area contributed by atoms with Gasteiger partial charge in [0.05, 0.1) is 0 Å². The minimum atomic E-state index is -0.795. The molecule has 0 aromatic rings. The van der Waals surface area contributed by atoms with E-state index in [9.17, 15) is 14.4 Å². The Kier molecular flexibility index (Phi) is 62.8. The lowest BCUT2D eigenvalue weighted by atomic mass is 10.0. The number of carbonyl (C=O) groups is 3. The monoisotopic (exact) mass is 1090 g/mol. The summed E-state index contributed by atoms with van der Waals surface area (Å²) in [6.07, 6.45) is 92.3. The van der Waals surface area contributed by atoms with E-state index >= 15 is 0 Å². The normalized spacial score (nSPS) is 12.9. The van der Waals surface area contributed by atoms with E-state index in [1.165, 1.54) is 122 Å². The molecule has 0 heterocycles. The second-order valence-corrected chi connectivity index (χ2v) is 21.6. The van der Waals surface area contributed by atoms with Crippen LogP contribution in [0.15, 0.2) is 122 Å². The first-order chi connectivity index (χ1) is 39.0. The van der Waals surface area contributed by atoms with Crippen LogP contribution in [0.5, 0.6) is 0 Å². The Morgan fingerprint density at radius 3 is 0.785 bits per heavy atom. The van der Waals surface area contributed by atoms with Gasteiger partial charge in [-0.15, -0.1) is 0 Å². The molecule has 0 aliphatic heterocycles. The van der Waals surface area contributed by atoms with Crippen molar-refractivity contribution in [2.45, 2.75) is 309 Å². The van der Waals surface area contributed by atoms with Crippen LogP contribution in [0.2, 0.25) is 0 Å². The molecule has 0 aromatic carbocycles. The van der Waals surface area contributed by atoms with Crippen LogP contribution in [0.25, 0.3) is 0 Å². The van der Waals surface area contributed by atoms with Crippen LogP contribution in [0.4, 0.5) is 0 Å². The van der Waals surface area contributed by atoms with E-state index in [2.05, 4.69) is 142 Å². The predicted molar refractivity (Wildman–Crippen MR) is 343 cm³/mol. The number of carbonyl (C=O) groups excluding carboxylic acids is 3. The van der Waals surface area contributed by atoms with Crippen LogP contribution < -0.4 is 0 Å². The average molecular weight is 1100 g/mol. The number of hydrogen-bond acceptors (Lipinski definition) is 6. The zero-order chi connectivity index (χ0) is 57.1. The lowest BCUT2D eigenvalue weighted by Crippen LogP contribution is -2.30. The molecule has 0 fully saturated rings. The molecule has 0 saturated carbocycles. The fraction of sp³-hybridized carbons (Fsp3) is 0.685. The van der Waals surface area contributed by atoms with Gasteiger partial charge in [-0.05, 0) is 122 Å². The van der Waals surface area contributed by atoms with Gasteiger partial charge in [0.25, 0.3) is 0 Å². The molecular formula is C73H122O6. The van der Waals surface area contributed by atoms with Gasteiger partial charge in [0, 0.05) is 19.3 Å². The second-order valence-electron chi connectivity index (χ2n) is 21.6. The van der Waals surface area contributed by atoms with E-state index in [0.29, 0.717) is 19.3 Å². The third-order valence-corrected chi connectivity index (χ3v) is 13.9. The molecule has 450 valence electrons. The summed E-state index contributed by atoms with van der Waals surface area (Å²) in [5.41, 5.74) is 0. The first-order valence-electron chi connectivity index (χ1n) is 33.0. The average Bonchev–Trinajstić information content (AvgIpc) is 3.45. The van der Waals surface area contributed by atoms with Gasteiger partial charge in [0.2, 0.25) is 0 Å². The van der Waals surface area contributed by atoms with E-state index in [-0.39, 0.29) is 31.1 Å². The smallest absolute Gasteiger partial charge is 0.306 e. The molecule has 0 aliphatic carbocycles. The standard InChI is InChI=1S/C73H122O6/c1-4-7-10-13-16-19-22-24-26-28-29-30-31-32-33-34-35-36-37-38-39-40-41-42-43-45-46-48-51-54-57-60-63-66-72(75)78-69-70(68-77-71(74)65-62-59-56-53-50-21-18-15-12-9-6-3)79-73(76)67-64-61-58-55-52-49-47-44-27-25-23-20-17-14-11-8-5-2/h7-8,10-11,15-20,24-27,29-30,32-33,47,49,70H,4-6,9,12-14,21-23,28,31,34-46,48,50-69H2,1-3H3/b10-7-,11-8-,18-15-,19-16-,20-17-,26-24-,27-25-,30-29-,33-32-,49-47-. The van der Waals surface area contributed by atoms with Crippen LogP contribution in [-0.2, 0) is 28.6 Å². The number of hydrogen-bond donors (Lipinski definition) is 0. The van der Waals surface area contributed by atoms with Crippen LogP contribution in [-0.4, -0.2) is 37.2 Å². The highest BCUT2D eigenvalue weighted by molar-refractivity contribution is 5.71. The van der Waals surface area contributed by atoms with Crippen molar-refractivity contribution >= 4 is 17.9 Å². The molecule has 0 aliphatic rings. The summed E-state index contributed by atoms with van der Waals surface area (Å²) in [6, 6.07) is 0. The summed E-state index contributed by atoms with van der Waals surface area (Å²) >= 11 is 0. The molecule has 0 rings (SSSR count). The minimum Gasteiger partial charge on any atom is -0.462 e. The molecule has 6 nitrogen and oxygen atoms in total. The van der Waals surface area contributed by atoms with Gasteiger partial charge in [-0.25, -0.2) is 0 Å². The van der Waals surface area contributed by atoms with Crippen LogP contribution in [0.3, 0.4) is 0 Å². The molecule has 0 bridgehead atoms. The number of ether oxygens (including phenoxy) is 3.